The smallest absolute Gasteiger partial charge is 0.246 e. The lowest BCUT2D eigenvalue weighted by Crippen LogP contribution is -2.40. The molecular weight excluding hydrogens is 254 g/mol. The molecule has 0 aromatic carbocycles. The summed E-state index contributed by atoms with van der Waals surface area (Å²) in [6, 6.07) is 0. The van der Waals surface area contributed by atoms with Crippen LogP contribution in [-0.4, -0.2) is 47.3 Å². The molecule has 1 fully saturated rings. The maximum Gasteiger partial charge on any atom is 0.246 e. The normalized spacial score (nSPS) is 22.2. The molecule has 0 aliphatic carbocycles. The molecule has 0 saturated carbocycles. The Morgan fingerprint density at radius 2 is 2.33 bits per heavy atom. The summed E-state index contributed by atoms with van der Waals surface area (Å²) < 4.78 is 27.7. The van der Waals surface area contributed by atoms with Crippen molar-refractivity contribution >= 4 is 10.0 Å². The molecule has 1 atom stereocenters. The topological polar surface area (TPSA) is 75.4 Å². The van der Waals surface area contributed by atoms with E-state index in [-0.39, 0.29) is 17.4 Å². The van der Waals surface area contributed by atoms with Gasteiger partial charge in [0.1, 0.15) is 4.90 Å². The summed E-state index contributed by atoms with van der Waals surface area (Å²) in [4.78, 5) is 0.245. The highest BCUT2D eigenvalue weighted by atomic mass is 32.2. The second-order valence-corrected chi connectivity index (χ2v) is 6.67. The van der Waals surface area contributed by atoms with Gasteiger partial charge in [-0.15, -0.1) is 0 Å². The van der Waals surface area contributed by atoms with E-state index in [0.717, 1.165) is 12.8 Å². The van der Waals surface area contributed by atoms with Crippen molar-refractivity contribution in [2.75, 3.05) is 19.7 Å². The third kappa shape index (κ3) is 2.73. The van der Waals surface area contributed by atoms with Crippen LogP contribution in [0.5, 0.6) is 0 Å². The number of aliphatic hydroxyl groups is 1. The molecule has 0 amide bonds. The van der Waals surface area contributed by atoms with Crippen LogP contribution in [0.4, 0.5) is 0 Å². The maximum absolute atomic E-state index is 12.4. The van der Waals surface area contributed by atoms with Crippen molar-refractivity contribution in [1.82, 2.24) is 14.1 Å². The van der Waals surface area contributed by atoms with Crippen LogP contribution in [0.15, 0.2) is 17.3 Å². The number of sulfonamides is 1. The number of nitrogens with zero attached hydrogens (tertiary/aromatic N) is 3. The van der Waals surface area contributed by atoms with Gasteiger partial charge in [-0.25, -0.2) is 8.42 Å². The van der Waals surface area contributed by atoms with Gasteiger partial charge >= 0.3 is 0 Å². The maximum atomic E-state index is 12.4. The van der Waals surface area contributed by atoms with E-state index in [1.165, 1.54) is 21.4 Å². The first kappa shape index (κ1) is 13.5. The fourth-order valence-corrected chi connectivity index (χ4v) is 3.89. The van der Waals surface area contributed by atoms with Crippen molar-refractivity contribution in [2.45, 2.75) is 24.2 Å². The molecule has 1 aliphatic rings. The van der Waals surface area contributed by atoms with Crippen LogP contribution in [0.2, 0.25) is 0 Å². The summed E-state index contributed by atoms with van der Waals surface area (Å²) >= 11 is 0. The molecule has 1 aromatic heterocycles. The van der Waals surface area contributed by atoms with Crippen molar-refractivity contribution < 1.29 is 13.5 Å². The Morgan fingerprint density at radius 1 is 1.56 bits per heavy atom. The molecular formula is C11H19N3O3S. The van der Waals surface area contributed by atoms with Crippen LogP contribution in [0, 0.1) is 5.92 Å². The second-order valence-electron chi connectivity index (χ2n) is 4.73. The summed E-state index contributed by atoms with van der Waals surface area (Å²) in [6.45, 7) is 1.17. The number of hydrogen-bond donors (Lipinski definition) is 1. The second kappa shape index (κ2) is 5.38. The number of aryl methyl sites for hydroxylation is 1. The van der Waals surface area contributed by atoms with Gasteiger partial charge in [0, 0.05) is 32.9 Å². The van der Waals surface area contributed by atoms with E-state index in [1.54, 1.807) is 7.05 Å². The molecule has 0 bridgehead atoms. The Balaban J connectivity index is 2.15. The van der Waals surface area contributed by atoms with Gasteiger partial charge in [-0.05, 0) is 25.2 Å². The lowest BCUT2D eigenvalue weighted by molar-refractivity contribution is 0.203. The highest BCUT2D eigenvalue weighted by Crippen LogP contribution is 2.24. The van der Waals surface area contributed by atoms with Crippen LogP contribution >= 0.6 is 0 Å². The highest BCUT2D eigenvalue weighted by Gasteiger charge is 2.30. The van der Waals surface area contributed by atoms with Gasteiger partial charge in [-0.2, -0.15) is 9.40 Å². The summed E-state index contributed by atoms with van der Waals surface area (Å²) in [6.07, 6.45) is 5.40. The summed E-state index contributed by atoms with van der Waals surface area (Å²) in [5, 5.41) is 12.9. The lowest BCUT2D eigenvalue weighted by Gasteiger charge is -2.31. The highest BCUT2D eigenvalue weighted by molar-refractivity contribution is 7.89. The fourth-order valence-electron chi connectivity index (χ4n) is 2.34. The summed E-state index contributed by atoms with van der Waals surface area (Å²) in [5.74, 6) is 0.259. The Labute approximate surface area is 107 Å². The minimum absolute atomic E-state index is 0.117. The number of hydrogen-bond acceptors (Lipinski definition) is 4. The van der Waals surface area contributed by atoms with Crippen LogP contribution in [0.3, 0.4) is 0 Å². The molecule has 1 unspecified atom stereocenters. The molecule has 1 aliphatic heterocycles. The van der Waals surface area contributed by atoms with Crippen molar-refractivity contribution in [2.24, 2.45) is 13.0 Å². The Bertz CT molecular complexity index is 495. The molecule has 1 aromatic rings. The minimum Gasteiger partial charge on any atom is -0.396 e. The third-order valence-electron chi connectivity index (χ3n) is 3.34. The zero-order chi connectivity index (χ0) is 13.2. The Morgan fingerprint density at radius 3 is 2.94 bits per heavy atom. The number of aromatic nitrogens is 2. The molecule has 0 radical (unpaired) electrons. The van der Waals surface area contributed by atoms with E-state index >= 15 is 0 Å². The van der Waals surface area contributed by atoms with Crippen LogP contribution in [0.1, 0.15) is 19.3 Å². The predicted octanol–water partition coefficient (Wildman–Crippen LogP) is 0.203. The van der Waals surface area contributed by atoms with Crippen molar-refractivity contribution in [3.8, 4) is 0 Å². The van der Waals surface area contributed by atoms with Crippen LogP contribution < -0.4 is 0 Å². The van der Waals surface area contributed by atoms with Gasteiger partial charge in [0.25, 0.3) is 0 Å². The number of rotatable bonds is 4. The zero-order valence-corrected chi connectivity index (χ0v) is 11.3. The zero-order valence-electron chi connectivity index (χ0n) is 10.5. The van der Waals surface area contributed by atoms with Crippen molar-refractivity contribution in [1.29, 1.82) is 0 Å². The minimum atomic E-state index is -3.42. The number of piperidine rings is 1. The third-order valence-corrected chi connectivity index (χ3v) is 5.16. The average Bonchev–Trinajstić information content (AvgIpc) is 2.77. The molecule has 0 spiro atoms. The van der Waals surface area contributed by atoms with Gasteiger partial charge in [-0.3, -0.25) is 4.68 Å². The van der Waals surface area contributed by atoms with Gasteiger partial charge < -0.3 is 5.11 Å². The van der Waals surface area contributed by atoms with E-state index in [9.17, 15) is 8.42 Å². The number of aliphatic hydroxyl groups excluding tert-OH is 1. The van der Waals surface area contributed by atoms with E-state index in [1.807, 2.05) is 0 Å². The quantitative estimate of drug-likeness (QED) is 0.850. The van der Waals surface area contributed by atoms with Gasteiger partial charge in [0.2, 0.25) is 10.0 Å². The Hall–Kier alpha value is -0.920. The fraction of sp³-hybridized carbons (Fsp3) is 0.727. The molecule has 1 N–H and O–H groups in total. The van der Waals surface area contributed by atoms with Gasteiger partial charge in [0.05, 0.1) is 6.20 Å². The first-order chi connectivity index (χ1) is 8.54. The predicted molar refractivity (Wildman–Crippen MR) is 66.4 cm³/mol. The van der Waals surface area contributed by atoms with E-state index in [2.05, 4.69) is 5.10 Å². The first-order valence-electron chi connectivity index (χ1n) is 6.13. The lowest BCUT2D eigenvalue weighted by atomic mass is 9.97. The van der Waals surface area contributed by atoms with E-state index in [4.69, 9.17) is 5.11 Å². The van der Waals surface area contributed by atoms with Crippen molar-refractivity contribution in [3.63, 3.8) is 0 Å². The largest absolute Gasteiger partial charge is 0.396 e. The molecule has 1 saturated heterocycles. The van der Waals surface area contributed by atoms with Crippen molar-refractivity contribution in [3.05, 3.63) is 12.4 Å². The van der Waals surface area contributed by atoms with Gasteiger partial charge in [0.15, 0.2) is 0 Å². The van der Waals surface area contributed by atoms with Crippen LogP contribution in [-0.2, 0) is 17.1 Å². The van der Waals surface area contributed by atoms with E-state index in [0.29, 0.717) is 19.5 Å². The van der Waals surface area contributed by atoms with E-state index < -0.39 is 10.0 Å². The summed E-state index contributed by atoms with van der Waals surface area (Å²) in [7, 11) is -1.73. The molecule has 2 rings (SSSR count). The molecule has 102 valence electrons. The molecule has 7 heteroatoms. The Kier molecular flexibility index (Phi) is 4.04. The van der Waals surface area contributed by atoms with Crippen LogP contribution in [0.25, 0.3) is 0 Å². The monoisotopic (exact) mass is 273 g/mol. The molecule has 18 heavy (non-hydrogen) atoms. The van der Waals surface area contributed by atoms with Gasteiger partial charge in [-0.1, -0.05) is 0 Å². The average molecular weight is 273 g/mol. The standard InChI is InChI=1S/C11H19N3O3S/c1-13-9-11(7-12-13)18(16,17)14-5-2-3-10(8-14)4-6-15/h7,9-10,15H,2-6,8H2,1H3. The SMILES string of the molecule is Cn1cc(S(=O)(=O)N2CCCC(CCO)C2)cn1. The first-order valence-corrected chi connectivity index (χ1v) is 7.57. The summed E-state index contributed by atoms with van der Waals surface area (Å²) in [5.41, 5.74) is 0. The molecule has 6 nitrogen and oxygen atoms in total. The molecule has 2 heterocycles.